The molecule has 5 nitrogen and oxygen atoms in total. The van der Waals surface area contributed by atoms with E-state index in [2.05, 4.69) is 20.2 Å². The van der Waals surface area contributed by atoms with Gasteiger partial charge >= 0.3 is 0 Å². The van der Waals surface area contributed by atoms with E-state index in [1.807, 2.05) is 19.9 Å². The molecule has 1 aromatic rings. The molecule has 1 saturated heterocycles. The van der Waals surface area contributed by atoms with Crippen LogP contribution in [0, 0.1) is 6.92 Å². The van der Waals surface area contributed by atoms with Crippen LogP contribution in [0.3, 0.4) is 0 Å². The highest BCUT2D eigenvalue weighted by Gasteiger charge is 2.15. The van der Waals surface area contributed by atoms with Crippen molar-refractivity contribution in [2.45, 2.75) is 46.0 Å². The normalized spacial score (nSPS) is 15.8. The maximum atomic E-state index is 12.0. The van der Waals surface area contributed by atoms with Crippen LogP contribution in [-0.4, -0.2) is 35.5 Å². The van der Waals surface area contributed by atoms with Gasteiger partial charge < -0.3 is 10.2 Å². The van der Waals surface area contributed by atoms with E-state index in [1.54, 1.807) is 0 Å². The summed E-state index contributed by atoms with van der Waals surface area (Å²) in [6, 6.07) is 1.82. The number of hydrogen-bond acceptors (Lipinski definition) is 4. The number of nitrogens with zero attached hydrogens (tertiary/aromatic N) is 3. The lowest BCUT2D eigenvalue weighted by molar-refractivity contribution is 0.0948. The SMILES string of the molecule is CCCNC(=O)c1cc(N2CCCCCC2)nc(C)n1. The number of rotatable bonds is 4. The molecule has 0 bridgehead atoms. The minimum Gasteiger partial charge on any atom is -0.356 e. The molecule has 0 aliphatic carbocycles. The average molecular weight is 276 g/mol. The van der Waals surface area contributed by atoms with E-state index >= 15 is 0 Å². The molecule has 0 saturated carbocycles. The molecule has 1 N–H and O–H groups in total. The van der Waals surface area contributed by atoms with Gasteiger partial charge in [0.2, 0.25) is 0 Å². The second-order valence-corrected chi connectivity index (χ2v) is 5.32. The molecule has 0 unspecified atom stereocenters. The Morgan fingerprint density at radius 3 is 2.60 bits per heavy atom. The first-order valence-corrected chi connectivity index (χ1v) is 7.59. The zero-order valence-electron chi connectivity index (χ0n) is 12.5. The van der Waals surface area contributed by atoms with Crippen molar-refractivity contribution >= 4 is 11.7 Å². The fraction of sp³-hybridized carbons (Fsp3) is 0.667. The summed E-state index contributed by atoms with van der Waals surface area (Å²) >= 11 is 0. The van der Waals surface area contributed by atoms with Crippen molar-refractivity contribution in [3.63, 3.8) is 0 Å². The van der Waals surface area contributed by atoms with Crippen LogP contribution in [0.1, 0.15) is 55.3 Å². The van der Waals surface area contributed by atoms with E-state index in [4.69, 9.17) is 0 Å². The molecule has 5 heteroatoms. The zero-order valence-corrected chi connectivity index (χ0v) is 12.5. The number of amides is 1. The van der Waals surface area contributed by atoms with Gasteiger partial charge in [0, 0.05) is 25.7 Å². The van der Waals surface area contributed by atoms with Gasteiger partial charge in [-0.1, -0.05) is 19.8 Å². The van der Waals surface area contributed by atoms with Crippen LogP contribution < -0.4 is 10.2 Å². The molecule has 0 atom stereocenters. The van der Waals surface area contributed by atoms with Crippen LogP contribution in [0.5, 0.6) is 0 Å². The number of carbonyl (C=O) groups excluding carboxylic acids is 1. The third-order valence-corrected chi connectivity index (χ3v) is 3.52. The Hall–Kier alpha value is -1.65. The van der Waals surface area contributed by atoms with Crippen molar-refractivity contribution in [3.05, 3.63) is 17.6 Å². The van der Waals surface area contributed by atoms with Gasteiger partial charge in [0.25, 0.3) is 5.91 Å². The monoisotopic (exact) mass is 276 g/mol. The highest BCUT2D eigenvalue weighted by Crippen LogP contribution is 2.18. The number of aryl methyl sites for hydroxylation is 1. The summed E-state index contributed by atoms with van der Waals surface area (Å²) in [6.45, 7) is 6.60. The Bertz CT molecular complexity index is 453. The summed E-state index contributed by atoms with van der Waals surface area (Å²) in [5, 5.41) is 2.87. The summed E-state index contributed by atoms with van der Waals surface area (Å²) in [5.74, 6) is 1.45. The van der Waals surface area contributed by atoms with Crippen LogP contribution in [0.4, 0.5) is 5.82 Å². The molecule has 1 fully saturated rings. The second-order valence-electron chi connectivity index (χ2n) is 5.32. The molecule has 110 valence electrons. The molecule has 1 aliphatic heterocycles. The first kappa shape index (κ1) is 14.8. The third kappa shape index (κ3) is 3.92. The molecular weight excluding hydrogens is 252 g/mol. The third-order valence-electron chi connectivity index (χ3n) is 3.52. The Morgan fingerprint density at radius 1 is 1.25 bits per heavy atom. The molecule has 2 heterocycles. The van der Waals surface area contributed by atoms with Gasteiger partial charge in [-0.05, 0) is 26.2 Å². The van der Waals surface area contributed by atoms with Crippen LogP contribution >= 0.6 is 0 Å². The molecule has 0 spiro atoms. The highest BCUT2D eigenvalue weighted by molar-refractivity contribution is 5.92. The van der Waals surface area contributed by atoms with Gasteiger partial charge in [-0.25, -0.2) is 9.97 Å². The number of aromatic nitrogens is 2. The fourth-order valence-corrected chi connectivity index (χ4v) is 2.46. The molecule has 0 radical (unpaired) electrons. The first-order valence-electron chi connectivity index (χ1n) is 7.59. The summed E-state index contributed by atoms with van der Waals surface area (Å²) in [4.78, 5) is 23.1. The van der Waals surface area contributed by atoms with Crippen molar-refractivity contribution in [1.29, 1.82) is 0 Å². The Labute approximate surface area is 120 Å². The molecule has 1 aliphatic rings. The van der Waals surface area contributed by atoms with E-state index < -0.39 is 0 Å². The van der Waals surface area contributed by atoms with Crippen molar-refractivity contribution in [2.75, 3.05) is 24.5 Å². The fourth-order valence-electron chi connectivity index (χ4n) is 2.46. The van der Waals surface area contributed by atoms with Gasteiger partial charge in [-0.3, -0.25) is 4.79 Å². The van der Waals surface area contributed by atoms with Crippen LogP contribution in [0.15, 0.2) is 6.07 Å². The minimum atomic E-state index is -0.103. The van der Waals surface area contributed by atoms with E-state index in [0.29, 0.717) is 18.1 Å². The van der Waals surface area contributed by atoms with Gasteiger partial charge in [0.05, 0.1) is 0 Å². The highest BCUT2D eigenvalue weighted by atomic mass is 16.1. The number of nitrogens with one attached hydrogen (secondary N) is 1. The standard InChI is InChI=1S/C15H24N4O/c1-3-8-16-15(20)13-11-14(18-12(2)17-13)19-9-6-4-5-7-10-19/h11H,3-10H2,1-2H3,(H,16,20). The van der Waals surface area contributed by atoms with Crippen LogP contribution in [0.25, 0.3) is 0 Å². The van der Waals surface area contributed by atoms with Crippen molar-refractivity contribution < 1.29 is 4.79 Å². The lowest BCUT2D eigenvalue weighted by atomic mass is 10.2. The number of carbonyl (C=O) groups is 1. The summed E-state index contributed by atoms with van der Waals surface area (Å²) in [6.07, 6.45) is 5.88. The van der Waals surface area contributed by atoms with Gasteiger partial charge in [-0.2, -0.15) is 0 Å². The lowest BCUT2D eigenvalue weighted by Gasteiger charge is -2.22. The summed E-state index contributed by atoms with van der Waals surface area (Å²) in [7, 11) is 0. The van der Waals surface area contributed by atoms with E-state index in [0.717, 1.165) is 25.3 Å². The van der Waals surface area contributed by atoms with Gasteiger partial charge in [0.1, 0.15) is 17.3 Å². The van der Waals surface area contributed by atoms with Crippen molar-refractivity contribution in [2.24, 2.45) is 0 Å². The first-order chi connectivity index (χ1) is 9.70. The van der Waals surface area contributed by atoms with Crippen LogP contribution in [-0.2, 0) is 0 Å². The molecule has 1 amide bonds. The molecular formula is C15H24N4O. The molecule has 0 aromatic carbocycles. The largest absolute Gasteiger partial charge is 0.356 e. The minimum absolute atomic E-state index is 0.103. The number of hydrogen-bond donors (Lipinski definition) is 1. The van der Waals surface area contributed by atoms with Crippen molar-refractivity contribution in [1.82, 2.24) is 15.3 Å². The molecule has 20 heavy (non-hydrogen) atoms. The van der Waals surface area contributed by atoms with Gasteiger partial charge in [-0.15, -0.1) is 0 Å². The maximum absolute atomic E-state index is 12.0. The average Bonchev–Trinajstić information content (AvgIpc) is 2.73. The Kier molecular flexibility index (Phi) is 5.32. The van der Waals surface area contributed by atoms with E-state index in [-0.39, 0.29) is 5.91 Å². The summed E-state index contributed by atoms with van der Waals surface area (Å²) < 4.78 is 0. The second kappa shape index (κ2) is 7.22. The van der Waals surface area contributed by atoms with Crippen molar-refractivity contribution in [3.8, 4) is 0 Å². The molecule has 1 aromatic heterocycles. The van der Waals surface area contributed by atoms with Crippen LogP contribution in [0.2, 0.25) is 0 Å². The quantitative estimate of drug-likeness (QED) is 0.916. The lowest BCUT2D eigenvalue weighted by Crippen LogP contribution is -2.28. The number of anilines is 1. The summed E-state index contributed by atoms with van der Waals surface area (Å²) in [5.41, 5.74) is 0.477. The smallest absolute Gasteiger partial charge is 0.270 e. The Morgan fingerprint density at radius 2 is 1.95 bits per heavy atom. The maximum Gasteiger partial charge on any atom is 0.270 e. The van der Waals surface area contributed by atoms with E-state index in [1.165, 1.54) is 25.7 Å². The molecule has 2 rings (SSSR count). The Balaban J connectivity index is 2.16. The zero-order chi connectivity index (χ0) is 14.4. The topological polar surface area (TPSA) is 58.1 Å². The predicted molar refractivity (Wildman–Crippen MR) is 80.1 cm³/mol. The predicted octanol–water partition coefficient (Wildman–Crippen LogP) is 2.31. The van der Waals surface area contributed by atoms with Gasteiger partial charge in [0.15, 0.2) is 0 Å². The van der Waals surface area contributed by atoms with E-state index in [9.17, 15) is 4.79 Å².